The highest BCUT2D eigenvalue weighted by Crippen LogP contribution is 2.55. The number of benzene rings is 1. The van der Waals surface area contributed by atoms with Gasteiger partial charge in [-0.05, 0) is 23.9 Å². The van der Waals surface area contributed by atoms with Crippen molar-refractivity contribution in [2.45, 2.75) is 23.4 Å². The lowest BCUT2D eigenvalue weighted by molar-refractivity contribution is 0.443. The molecule has 0 amide bonds. The Bertz CT molecular complexity index is 381. The molecule has 0 radical (unpaired) electrons. The Balaban J connectivity index is 2.48. The van der Waals surface area contributed by atoms with Crippen molar-refractivity contribution in [2.75, 3.05) is 5.88 Å². The van der Waals surface area contributed by atoms with E-state index in [1.807, 2.05) is 30.3 Å². The molecule has 1 saturated heterocycles. The quantitative estimate of drug-likeness (QED) is 0.396. The molecule has 1 aliphatic rings. The molecular formula is C12H14Cl4Si. The van der Waals surface area contributed by atoms with Crippen molar-refractivity contribution in [3.63, 3.8) is 0 Å². The van der Waals surface area contributed by atoms with Crippen LogP contribution in [0.2, 0.25) is 6.04 Å². The standard InChI is InChI=1S/C12H14Cl4Si/c13-9-11-7-4-8-17(15,16)12(11,14)10-5-2-1-3-6-10/h1-3,5-6,11H,4,7-9H2. The second kappa shape index (κ2) is 5.30. The first-order chi connectivity index (χ1) is 8.02. The van der Waals surface area contributed by atoms with Gasteiger partial charge in [0.05, 0.1) is 4.50 Å². The van der Waals surface area contributed by atoms with E-state index in [1.165, 1.54) is 0 Å². The number of hydrogen-bond acceptors (Lipinski definition) is 0. The summed E-state index contributed by atoms with van der Waals surface area (Å²) in [7, 11) is 0. The molecule has 17 heavy (non-hydrogen) atoms. The third kappa shape index (κ3) is 2.37. The molecule has 1 aromatic rings. The third-order valence-electron chi connectivity index (χ3n) is 3.52. The Morgan fingerprint density at radius 2 is 1.88 bits per heavy atom. The summed E-state index contributed by atoms with van der Waals surface area (Å²) in [6.45, 7) is -2.54. The predicted molar refractivity (Wildman–Crippen MR) is 79.7 cm³/mol. The first-order valence-electron chi connectivity index (χ1n) is 5.70. The Labute approximate surface area is 123 Å². The maximum absolute atomic E-state index is 6.87. The molecule has 2 rings (SSSR count). The van der Waals surface area contributed by atoms with E-state index in [-0.39, 0.29) is 5.92 Å². The van der Waals surface area contributed by atoms with Crippen molar-refractivity contribution in [1.29, 1.82) is 0 Å². The van der Waals surface area contributed by atoms with Crippen LogP contribution in [0.4, 0.5) is 0 Å². The number of alkyl halides is 2. The Morgan fingerprint density at radius 3 is 2.47 bits per heavy atom. The highest BCUT2D eigenvalue weighted by Gasteiger charge is 2.58. The Morgan fingerprint density at radius 1 is 1.24 bits per heavy atom. The second-order valence-electron chi connectivity index (χ2n) is 4.53. The molecule has 0 bridgehead atoms. The summed E-state index contributed by atoms with van der Waals surface area (Å²) in [6, 6.07) is 10.7. The van der Waals surface area contributed by atoms with Gasteiger partial charge in [-0.25, -0.2) is 0 Å². The van der Waals surface area contributed by atoms with E-state index >= 15 is 0 Å². The zero-order chi connectivity index (χ0) is 12.5. The molecule has 2 unspecified atom stereocenters. The van der Waals surface area contributed by atoms with Gasteiger partial charge < -0.3 is 0 Å². The van der Waals surface area contributed by atoms with Gasteiger partial charge in [0, 0.05) is 5.88 Å². The van der Waals surface area contributed by atoms with Crippen LogP contribution in [0.5, 0.6) is 0 Å². The van der Waals surface area contributed by atoms with Crippen molar-refractivity contribution >= 4 is 52.1 Å². The lowest BCUT2D eigenvalue weighted by Crippen LogP contribution is -2.52. The van der Waals surface area contributed by atoms with E-state index in [0.717, 1.165) is 24.4 Å². The molecule has 5 heteroatoms. The van der Waals surface area contributed by atoms with Crippen LogP contribution in [0.1, 0.15) is 18.4 Å². The molecule has 1 aliphatic heterocycles. The largest absolute Gasteiger partial charge is 0.276 e. The lowest BCUT2D eigenvalue weighted by atomic mass is 9.94. The molecule has 0 N–H and O–H groups in total. The normalized spacial score (nSPS) is 32.4. The van der Waals surface area contributed by atoms with Crippen molar-refractivity contribution in [3.05, 3.63) is 35.9 Å². The maximum atomic E-state index is 6.87. The van der Waals surface area contributed by atoms with Gasteiger partial charge in [0.15, 0.2) is 0 Å². The smallest absolute Gasteiger partial charge is 0.144 e. The van der Waals surface area contributed by atoms with Gasteiger partial charge in [0.25, 0.3) is 6.69 Å². The van der Waals surface area contributed by atoms with Gasteiger partial charge in [-0.15, -0.1) is 45.4 Å². The molecule has 1 heterocycles. The van der Waals surface area contributed by atoms with Crippen molar-refractivity contribution in [3.8, 4) is 0 Å². The molecular weight excluding hydrogens is 314 g/mol. The molecule has 0 spiro atoms. The van der Waals surface area contributed by atoms with Crippen molar-refractivity contribution < 1.29 is 0 Å². The SMILES string of the molecule is ClCC1CCC[Si](Cl)(Cl)C1(Cl)c1ccccc1. The summed E-state index contributed by atoms with van der Waals surface area (Å²) in [5, 5.41) is 0. The lowest BCUT2D eigenvalue weighted by Gasteiger charge is -2.45. The maximum Gasteiger partial charge on any atom is 0.276 e. The van der Waals surface area contributed by atoms with Crippen LogP contribution in [0.25, 0.3) is 0 Å². The minimum atomic E-state index is -2.54. The molecule has 0 aliphatic carbocycles. The molecule has 0 nitrogen and oxygen atoms in total. The molecule has 0 aromatic heterocycles. The topological polar surface area (TPSA) is 0 Å². The summed E-state index contributed by atoms with van der Waals surface area (Å²) >= 11 is 26.1. The first kappa shape index (κ1) is 14.0. The van der Waals surface area contributed by atoms with Crippen LogP contribution < -0.4 is 0 Å². The van der Waals surface area contributed by atoms with E-state index in [0.29, 0.717) is 5.88 Å². The minimum Gasteiger partial charge on any atom is -0.144 e. The van der Waals surface area contributed by atoms with Crippen LogP contribution in [0.15, 0.2) is 30.3 Å². The van der Waals surface area contributed by atoms with Gasteiger partial charge in [0.1, 0.15) is 0 Å². The van der Waals surface area contributed by atoms with Gasteiger partial charge in [0.2, 0.25) is 0 Å². The van der Waals surface area contributed by atoms with E-state index in [1.54, 1.807) is 0 Å². The zero-order valence-corrected chi connectivity index (χ0v) is 13.3. The average Bonchev–Trinajstić information content (AvgIpc) is 2.33. The number of rotatable bonds is 2. The molecule has 94 valence electrons. The average molecular weight is 328 g/mol. The summed E-state index contributed by atoms with van der Waals surface area (Å²) in [5.41, 5.74) is 1.02. The third-order valence-corrected chi connectivity index (χ3v) is 11.6. The first-order valence-corrected chi connectivity index (χ1v) is 10.8. The van der Waals surface area contributed by atoms with Gasteiger partial charge >= 0.3 is 0 Å². The molecule has 1 aromatic carbocycles. The molecule has 0 saturated carbocycles. The molecule has 1 fully saturated rings. The highest BCUT2D eigenvalue weighted by molar-refractivity contribution is 7.48. The number of halogens is 4. The zero-order valence-electron chi connectivity index (χ0n) is 9.30. The van der Waals surface area contributed by atoms with E-state index in [4.69, 9.17) is 45.4 Å². The Kier molecular flexibility index (Phi) is 4.37. The van der Waals surface area contributed by atoms with Crippen LogP contribution in [-0.4, -0.2) is 12.6 Å². The van der Waals surface area contributed by atoms with E-state index < -0.39 is 11.2 Å². The van der Waals surface area contributed by atoms with Crippen molar-refractivity contribution in [1.82, 2.24) is 0 Å². The Hall–Kier alpha value is 0.597. The van der Waals surface area contributed by atoms with Crippen LogP contribution in [0, 0.1) is 5.92 Å². The summed E-state index contributed by atoms with van der Waals surface area (Å²) in [4.78, 5) is 0. The van der Waals surface area contributed by atoms with Gasteiger partial charge in [-0.3, -0.25) is 0 Å². The summed E-state index contributed by atoms with van der Waals surface area (Å²) in [5.74, 6) is 0.663. The minimum absolute atomic E-state index is 0.156. The summed E-state index contributed by atoms with van der Waals surface area (Å²) in [6.07, 6.45) is 2.02. The summed E-state index contributed by atoms with van der Waals surface area (Å²) < 4.78 is -0.655. The van der Waals surface area contributed by atoms with Crippen LogP contribution in [0.3, 0.4) is 0 Å². The fourth-order valence-corrected chi connectivity index (χ4v) is 8.58. The van der Waals surface area contributed by atoms with Crippen molar-refractivity contribution in [2.24, 2.45) is 5.92 Å². The second-order valence-corrected chi connectivity index (χ2v) is 12.9. The van der Waals surface area contributed by atoms with Crippen LogP contribution in [-0.2, 0) is 4.50 Å². The number of hydrogen-bond donors (Lipinski definition) is 0. The van der Waals surface area contributed by atoms with E-state index in [2.05, 4.69) is 0 Å². The fraction of sp³-hybridized carbons (Fsp3) is 0.500. The monoisotopic (exact) mass is 326 g/mol. The fourth-order valence-electron chi connectivity index (χ4n) is 2.56. The van der Waals surface area contributed by atoms with Gasteiger partial charge in [-0.1, -0.05) is 36.8 Å². The predicted octanol–water partition coefficient (Wildman–Crippen LogP) is 5.23. The molecule has 2 atom stereocenters. The van der Waals surface area contributed by atoms with Crippen LogP contribution >= 0.6 is 45.4 Å². The highest BCUT2D eigenvalue weighted by atomic mass is 35.7. The van der Waals surface area contributed by atoms with Gasteiger partial charge in [-0.2, -0.15) is 0 Å². The van der Waals surface area contributed by atoms with E-state index in [9.17, 15) is 0 Å².